The molecule has 5 heteroatoms. The first kappa shape index (κ1) is 14.7. The Balaban J connectivity index is 2.09. The summed E-state index contributed by atoms with van der Waals surface area (Å²) in [5.74, 6) is 0. The van der Waals surface area contributed by atoms with Gasteiger partial charge in [-0.15, -0.1) is 0 Å². The van der Waals surface area contributed by atoms with E-state index in [0.717, 1.165) is 24.9 Å². The smallest absolute Gasteiger partial charge is 0.269 e. The van der Waals surface area contributed by atoms with Crippen molar-refractivity contribution in [1.29, 1.82) is 0 Å². The maximum absolute atomic E-state index is 10.7. The molecule has 0 spiro atoms. The topological polar surface area (TPSA) is 55.2 Å². The zero-order valence-electron chi connectivity index (χ0n) is 11.4. The van der Waals surface area contributed by atoms with Crippen molar-refractivity contribution in [3.63, 3.8) is 0 Å². The minimum Gasteiger partial charge on any atom is -0.310 e. The van der Waals surface area contributed by atoms with Gasteiger partial charge in [-0.1, -0.05) is 19.1 Å². The molecule has 1 aromatic heterocycles. The van der Waals surface area contributed by atoms with Crippen LogP contribution in [0.15, 0.2) is 41.1 Å². The van der Waals surface area contributed by atoms with Gasteiger partial charge < -0.3 is 5.32 Å². The first-order valence-electron chi connectivity index (χ1n) is 6.69. The second-order valence-electron chi connectivity index (χ2n) is 4.69. The summed E-state index contributed by atoms with van der Waals surface area (Å²) in [5.41, 5.74) is 2.53. The number of nitro groups is 1. The summed E-state index contributed by atoms with van der Waals surface area (Å²) in [6.07, 6.45) is 1.93. The van der Waals surface area contributed by atoms with E-state index in [1.165, 1.54) is 5.56 Å². The van der Waals surface area contributed by atoms with E-state index in [4.69, 9.17) is 0 Å². The molecule has 1 aromatic carbocycles. The molecular formula is C15H18N2O2S. The fourth-order valence-electron chi connectivity index (χ4n) is 2.09. The van der Waals surface area contributed by atoms with Crippen LogP contribution >= 0.6 is 11.3 Å². The van der Waals surface area contributed by atoms with Crippen LogP contribution in [-0.4, -0.2) is 11.5 Å². The third-order valence-electron chi connectivity index (χ3n) is 3.17. The Morgan fingerprint density at radius 3 is 2.60 bits per heavy atom. The number of benzene rings is 1. The molecule has 2 rings (SSSR count). The Morgan fingerprint density at radius 1 is 1.30 bits per heavy atom. The third kappa shape index (κ3) is 3.88. The molecule has 0 aliphatic rings. The molecule has 1 N–H and O–H groups in total. The van der Waals surface area contributed by atoms with Crippen molar-refractivity contribution >= 4 is 17.0 Å². The molecule has 1 heterocycles. The normalized spacial score (nSPS) is 12.2. The Morgan fingerprint density at radius 2 is 2.05 bits per heavy atom. The molecule has 0 radical (unpaired) electrons. The van der Waals surface area contributed by atoms with Gasteiger partial charge in [-0.3, -0.25) is 10.1 Å². The minimum absolute atomic E-state index is 0.141. The van der Waals surface area contributed by atoms with E-state index < -0.39 is 0 Å². The van der Waals surface area contributed by atoms with Crippen LogP contribution in [0.3, 0.4) is 0 Å². The molecule has 0 aliphatic carbocycles. The largest absolute Gasteiger partial charge is 0.310 e. The highest BCUT2D eigenvalue weighted by atomic mass is 32.1. The third-order valence-corrected chi connectivity index (χ3v) is 3.87. The maximum Gasteiger partial charge on any atom is 0.269 e. The van der Waals surface area contributed by atoms with Crippen LogP contribution in [0.25, 0.3) is 0 Å². The average molecular weight is 290 g/mol. The predicted octanol–water partition coefficient (Wildman–Crippen LogP) is 3.94. The molecule has 0 saturated heterocycles. The first-order chi connectivity index (χ1) is 9.70. The summed E-state index contributed by atoms with van der Waals surface area (Å²) in [6, 6.07) is 9.21. The molecular weight excluding hydrogens is 272 g/mol. The van der Waals surface area contributed by atoms with E-state index >= 15 is 0 Å². The summed E-state index contributed by atoms with van der Waals surface area (Å²) >= 11 is 1.69. The Kier molecular flexibility index (Phi) is 5.26. The quantitative estimate of drug-likeness (QED) is 0.620. The highest BCUT2D eigenvalue weighted by Crippen LogP contribution is 2.22. The summed E-state index contributed by atoms with van der Waals surface area (Å²) < 4.78 is 0. The monoisotopic (exact) mass is 290 g/mol. The molecule has 1 atom stereocenters. The van der Waals surface area contributed by atoms with Gasteiger partial charge >= 0.3 is 0 Å². The molecule has 1 unspecified atom stereocenters. The molecule has 0 amide bonds. The summed E-state index contributed by atoms with van der Waals surface area (Å²) in [4.78, 5) is 10.3. The average Bonchev–Trinajstić information content (AvgIpc) is 2.98. The van der Waals surface area contributed by atoms with Crippen molar-refractivity contribution in [2.45, 2.75) is 25.8 Å². The Bertz CT molecular complexity index is 538. The van der Waals surface area contributed by atoms with E-state index in [1.807, 2.05) is 12.1 Å². The minimum atomic E-state index is -0.366. The lowest BCUT2D eigenvalue weighted by Crippen LogP contribution is -2.23. The lowest BCUT2D eigenvalue weighted by molar-refractivity contribution is -0.384. The van der Waals surface area contributed by atoms with E-state index in [-0.39, 0.29) is 16.7 Å². The highest BCUT2D eigenvalue weighted by molar-refractivity contribution is 7.07. The lowest BCUT2D eigenvalue weighted by atomic mass is 10.0. The van der Waals surface area contributed by atoms with E-state index in [9.17, 15) is 10.1 Å². The molecule has 0 bridgehead atoms. The van der Waals surface area contributed by atoms with Gasteiger partial charge in [0, 0.05) is 18.2 Å². The predicted molar refractivity (Wildman–Crippen MR) is 82.2 cm³/mol. The SMILES string of the molecule is CCCNC(Cc1ccc([N+](=O)[O-])cc1)c1ccsc1. The van der Waals surface area contributed by atoms with Crippen LogP contribution in [0.2, 0.25) is 0 Å². The van der Waals surface area contributed by atoms with Crippen LogP contribution in [0, 0.1) is 10.1 Å². The second-order valence-corrected chi connectivity index (χ2v) is 5.47. The van der Waals surface area contributed by atoms with Crippen molar-refractivity contribution in [3.8, 4) is 0 Å². The van der Waals surface area contributed by atoms with Gasteiger partial charge in [-0.05, 0) is 47.3 Å². The van der Waals surface area contributed by atoms with Gasteiger partial charge in [-0.2, -0.15) is 11.3 Å². The van der Waals surface area contributed by atoms with Crippen LogP contribution in [0.4, 0.5) is 5.69 Å². The van der Waals surface area contributed by atoms with Gasteiger partial charge in [-0.25, -0.2) is 0 Å². The lowest BCUT2D eigenvalue weighted by Gasteiger charge is -2.17. The van der Waals surface area contributed by atoms with Gasteiger partial charge in [0.05, 0.1) is 4.92 Å². The van der Waals surface area contributed by atoms with Crippen molar-refractivity contribution in [2.24, 2.45) is 0 Å². The Labute approximate surface area is 122 Å². The van der Waals surface area contributed by atoms with Crippen molar-refractivity contribution in [3.05, 3.63) is 62.3 Å². The fourth-order valence-corrected chi connectivity index (χ4v) is 2.80. The second kappa shape index (κ2) is 7.17. The van der Waals surface area contributed by atoms with E-state index in [2.05, 4.69) is 29.1 Å². The van der Waals surface area contributed by atoms with Gasteiger partial charge in [0.15, 0.2) is 0 Å². The molecule has 20 heavy (non-hydrogen) atoms. The van der Waals surface area contributed by atoms with Gasteiger partial charge in [0.2, 0.25) is 0 Å². The van der Waals surface area contributed by atoms with Gasteiger partial charge in [0.1, 0.15) is 0 Å². The van der Waals surface area contributed by atoms with Crippen molar-refractivity contribution in [1.82, 2.24) is 5.32 Å². The molecule has 4 nitrogen and oxygen atoms in total. The van der Waals surface area contributed by atoms with Gasteiger partial charge in [0.25, 0.3) is 5.69 Å². The number of nitrogens with zero attached hydrogens (tertiary/aromatic N) is 1. The summed E-state index contributed by atoms with van der Waals surface area (Å²) in [6.45, 7) is 3.11. The number of hydrogen-bond acceptors (Lipinski definition) is 4. The maximum atomic E-state index is 10.7. The Hall–Kier alpha value is -1.72. The van der Waals surface area contributed by atoms with Crippen molar-refractivity contribution < 1.29 is 4.92 Å². The number of thiophene rings is 1. The number of non-ortho nitro benzene ring substituents is 1. The first-order valence-corrected chi connectivity index (χ1v) is 7.63. The number of nitro benzene ring substituents is 1. The van der Waals surface area contributed by atoms with Crippen LogP contribution < -0.4 is 5.32 Å². The summed E-state index contributed by atoms with van der Waals surface area (Å²) in [5, 5.41) is 18.4. The number of hydrogen-bond donors (Lipinski definition) is 1. The zero-order chi connectivity index (χ0) is 14.4. The van der Waals surface area contributed by atoms with Crippen LogP contribution in [0.1, 0.15) is 30.5 Å². The highest BCUT2D eigenvalue weighted by Gasteiger charge is 2.13. The van der Waals surface area contributed by atoms with Crippen molar-refractivity contribution in [2.75, 3.05) is 6.54 Å². The molecule has 0 aliphatic heterocycles. The molecule has 0 saturated carbocycles. The molecule has 0 fully saturated rings. The number of rotatable bonds is 7. The summed E-state index contributed by atoms with van der Waals surface area (Å²) in [7, 11) is 0. The van der Waals surface area contributed by atoms with Crippen LogP contribution in [-0.2, 0) is 6.42 Å². The number of nitrogens with one attached hydrogen (secondary N) is 1. The standard InChI is InChI=1S/C15H18N2O2S/c1-2-8-16-15(13-7-9-20-11-13)10-12-3-5-14(6-4-12)17(18)19/h3-7,9,11,15-16H,2,8,10H2,1H3. The molecule has 106 valence electrons. The van der Waals surface area contributed by atoms with Crippen LogP contribution in [0.5, 0.6) is 0 Å². The van der Waals surface area contributed by atoms with E-state index in [0.29, 0.717) is 0 Å². The zero-order valence-corrected chi connectivity index (χ0v) is 12.2. The van der Waals surface area contributed by atoms with E-state index in [1.54, 1.807) is 23.5 Å². The molecule has 2 aromatic rings. The fraction of sp³-hybridized carbons (Fsp3) is 0.333.